The average molecular weight is 266 g/mol. The summed E-state index contributed by atoms with van der Waals surface area (Å²) in [6, 6.07) is 5.96. The van der Waals surface area contributed by atoms with Gasteiger partial charge in [-0.25, -0.2) is 0 Å². The Bertz CT molecular complexity index is 335. The normalized spacial score (nSPS) is 10.4. The molecule has 0 N–H and O–H groups in total. The van der Waals surface area contributed by atoms with E-state index in [9.17, 15) is 0 Å². The van der Waals surface area contributed by atoms with Crippen LogP contribution in [0.2, 0.25) is 5.02 Å². The zero-order chi connectivity index (χ0) is 11.3. The first kappa shape index (κ1) is 16.6. The van der Waals surface area contributed by atoms with E-state index in [0.717, 1.165) is 23.8 Å². The SMILES string of the molecule is CCCCPC(=S)c1c(C)cccc1Cl.[Li]. The van der Waals surface area contributed by atoms with Crippen molar-refractivity contribution in [3.05, 3.63) is 34.3 Å². The van der Waals surface area contributed by atoms with Crippen LogP contribution in [0.3, 0.4) is 0 Å². The summed E-state index contributed by atoms with van der Waals surface area (Å²) >= 11 is 11.6. The van der Waals surface area contributed by atoms with Gasteiger partial charge in [-0.05, 0) is 31.1 Å². The molecule has 1 rings (SSSR count). The fourth-order valence-electron chi connectivity index (χ4n) is 1.39. The fraction of sp³-hybridized carbons (Fsp3) is 0.417. The Morgan fingerprint density at radius 2 is 2.12 bits per heavy atom. The van der Waals surface area contributed by atoms with Gasteiger partial charge in [0.2, 0.25) is 0 Å². The number of unbranched alkanes of at least 4 members (excludes halogenated alkanes) is 1. The topological polar surface area (TPSA) is 0 Å². The number of aryl methyl sites for hydroxylation is 1. The van der Waals surface area contributed by atoms with Gasteiger partial charge in [0, 0.05) is 34.1 Å². The molecule has 1 radical (unpaired) electrons. The molecule has 1 atom stereocenters. The third-order valence-corrected chi connectivity index (χ3v) is 4.39. The molecule has 0 heterocycles. The second kappa shape index (κ2) is 8.68. The average Bonchev–Trinajstić information content (AvgIpc) is 2.18. The van der Waals surface area contributed by atoms with Crippen LogP contribution < -0.4 is 0 Å². The maximum absolute atomic E-state index is 6.15. The number of thiocarbonyl (C=S) groups is 1. The van der Waals surface area contributed by atoms with Crippen molar-refractivity contribution in [1.29, 1.82) is 0 Å². The molecule has 0 bridgehead atoms. The van der Waals surface area contributed by atoms with E-state index in [1.54, 1.807) is 0 Å². The van der Waals surface area contributed by atoms with Crippen LogP contribution in [-0.2, 0) is 0 Å². The molecule has 4 heteroatoms. The summed E-state index contributed by atoms with van der Waals surface area (Å²) in [5, 5.41) is 0.795. The maximum atomic E-state index is 6.15. The number of rotatable bonds is 5. The van der Waals surface area contributed by atoms with Gasteiger partial charge in [-0.3, -0.25) is 0 Å². The first-order chi connectivity index (χ1) is 7.16. The minimum Gasteiger partial charge on any atom is -0.0836 e. The molecule has 0 aliphatic rings. The van der Waals surface area contributed by atoms with Crippen molar-refractivity contribution in [1.82, 2.24) is 0 Å². The van der Waals surface area contributed by atoms with Crippen molar-refractivity contribution in [2.45, 2.75) is 26.7 Å². The van der Waals surface area contributed by atoms with Crippen LogP contribution in [0.1, 0.15) is 30.9 Å². The van der Waals surface area contributed by atoms with Crippen LogP contribution in [0.15, 0.2) is 18.2 Å². The van der Waals surface area contributed by atoms with Gasteiger partial charge in [0.15, 0.2) is 0 Å². The molecule has 1 unspecified atom stereocenters. The van der Waals surface area contributed by atoms with Crippen LogP contribution in [0.25, 0.3) is 0 Å². The van der Waals surface area contributed by atoms with Crippen molar-refractivity contribution in [3.63, 3.8) is 0 Å². The zero-order valence-corrected chi connectivity index (χ0v) is 12.7. The second-order valence-corrected chi connectivity index (χ2v) is 6.07. The summed E-state index contributed by atoms with van der Waals surface area (Å²) in [7, 11) is 0.730. The van der Waals surface area contributed by atoms with Gasteiger partial charge >= 0.3 is 0 Å². The van der Waals surface area contributed by atoms with Crippen LogP contribution in [0.5, 0.6) is 0 Å². The molecule has 0 fully saturated rings. The van der Waals surface area contributed by atoms with E-state index < -0.39 is 0 Å². The Kier molecular flexibility index (Phi) is 9.02. The predicted octanol–water partition coefficient (Wildman–Crippen LogP) is 4.42. The molecular formula is C12H16ClLiPS. The standard InChI is InChI=1S/C12H16ClPS.Li/c1-3-4-8-14-12(15)11-9(2)6-5-7-10(11)13;/h5-7,14H,3-4,8H2,1-2H3;. The molecule has 83 valence electrons. The maximum Gasteiger partial charge on any atom is 0.0495 e. The molecule has 0 saturated heterocycles. The minimum absolute atomic E-state index is 0. The molecule has 0 aliphatic carbocycles. The van der Waals surface area contributed by atoms with Crippen LogP contribution in [-0.4, -0.2) is 29.6 Å². The Balaban J connectivity index is 0.00000225. The van der Waals surface area contributed by atoms with E-state index in [4.69, 9.17) is 23.8 Å². The van der Waals surface area contributed by atoms with Crippen molar-refractivity contribution < 1.29 is 0 Å². The van der Waals surface area contributed by atoms with Gasteiger partial charge in [-0.1, -0.05) is 57.9 Å². The first-order valence-electron chi connectivity index (χ1n) is 5.20. The van der Waals surface area contributed by atoms with E-state index in [1.165, 1.54) is 24.6 Å². The summed E-state index contributed by atoms with van der Waals surface area (Å²) < 4.78 is 1.03. The predicted molar refractivity (Wildman–Crippen MR) is 81.7 cm³/mol. The van der Waals surface area contributed by atoms with E-state index in [0.29, 0.717) is 0 Å². The fourth-order valence-corrected chi connectivity index (χ4v) is 3.68. The van der Waals surface area contributed by atoms with E-state index in [-0.39, 0.29) is 18.9 Å². The third-order valence-electron chi connectivity index (χ3n) is 2.26. The molecular weight excluding hydrogens is 250 g/mol. The van der Waals surface area contributed by atoms with Gasteiger partial charge in [0.05, 0.1) is 0 Å². The smallest absolute Gasteiger partial charge is 0.0495 e. The van der Waals surface area contributed by atoms with Gasteiger partial charge in [-0.15, -0.1) is 0 Å². The van der Waals surface area contributed by atoms with E-state index >= 15 is 0 Å². The van der Waals surface area contributed by atoms with E-state index in [2.05, 4.69) is 19.9 Å². The molecule has 1 aromatic rings. The summed E-state index contributed by atoms with van der Waals surface area (Å²) in [6.45, 7) is 4.27. The molecule has 0 saturated carbocycles. The molecule has 0 amide bonds. The van der Waals surface area contributed by atoms with Gasteiger partial charge in [-0.2, -0.15) is 0 Å². The van der Waals surface area contributed by atoms with Gasteiger partial charge < -0.3 is 0 Å². The summed E-state index contributed by atoms with van der Waals surface area (Å²) in [6.07, 6.45) is 3.68. The van der Waals surface area contributed by atoms with Crippen molar-refractivity contribution in [2.24, 2.45) is 0 Å². The van der Waals surface area contributed by atoms with Crippen LogP contribution in [0, 0.1) is 6.92 Å². The summed E-state index contributed by atoms with van der Waals surface area (Å²) in [5.74, 6) is 0. The zero-order valence-electron chi connectivity index (χ0n) is 10.1. The van der Waals surface area contributed by atoms with Gasteiger partial charge in [0.1, 0.15) is 0 Å². The largest absolute Gasteiger partial charge is 0.0836 e. The number of halogens is 1. The number of benzene rings is 1. The molecule has 0 spiro atoms. The molecule has 16 heavy (non-hydrogen) atoms. The van der Waals surface area contributed by atoms with E-state index in [1.807, 2.05) is 12.1 Å². The molecule has 0 aliphatic heterocycles. The van der Waals surface area contributed by atoms with Crippen molar-refractivity contribution in [2.75, 3.05) is 6.16 Å². The number of hydrogen-bond acceptors (Lipinski definition) is 1. The van der Waals surface area contributed by atoms with Crippen molar-refractivity contribution >= 4 is 55.9 Å². The third kappa shape index (κ3) is 4.87. The van der Waals surface area contributed by atoms with Crippen LogP contribution >= 0.6 is 32.4 Å². The Labute approximate surface area is 122 Å². The minimum atomic E-state index is 0. The molecule has 0 aromatic heterocycles. The van der Waals surface area contributed by atoms with Crippen molar-refractivity contribution in [3.8, 4) is 0 Å². The monoisotopic (exact) mass is 265 g/mol. The van der Waals surface area contributed by atoms with Gasteiger partial charge in [0.25, 0.3) is 0 Å². The summed E-state index contributed by atoms with van der Waals surface area (Å²) in [5.41, 5.74) is 2.28. The first-order valence-corrected chi connectivity index (χ1v) is 7.19. The Morgan fingerprint density at radius 3 is 2.69 bits per heavy atom. The molecule has 1 aromatic carbocycles. The second-order valence-electron chi connectivity index (χ2n) is 3.54. The quantitative estimate of drug-likeness (QED) is 0.329. The molecule has 0 nitrogen and oxygen atoms in total. The Morgan fingerprint density at radius 1 is 1.44 bits per heavy atom. The van der Waals surface area contributed by atoms with Crippen LogP contribution in [0.4, 0.5) is 0 Å². The summed E-state index contributed by atoms with van der Waals surface area (Å²) in [4.78, 5) is 0. The number of hydrogen-bond donors (Lipinski definition) is 0. The Hall–Kier alpha value is 0.627.